The van der Waals surface area contributed by atoms with Gasteiger partial charge in [0, 0.05) is 13.2 Å². The number of nitrogens with two attached hydrogens (primary N) is 1. The molecular weight excluding hydrogens is 192 g/mol. The second-order valence-electron chi connectivity index (χ2n) is 3.26. The largest absolute Gasteiger partial charge is 0.396 e. The van der Waals surface area contributed by atoms with Gasteiger partial charge in [0.2, 0.25) is 0 Å². The highest BCUT2D eigenvalue weighted by atomic mass is 16.2. The molecule has 5 N–H and O–H groups in total. The molecule has 0 aliphatic carbocycles. The Kier molecular flexibility index (Phi) is 5.50. The third-order valence-electron chi connectivity index (χ3n) is 2.04. The number of pyridine rings is 1. The van der Waals surface area contributed by atoms with E-state index >= 15 is 0 Å². The van der Waals surface area contributed by atoms with Crippen LogP contribution in [0.25, 0.3) is 0 Å². The van der Waals surface area contributed by atoms with Gasteiger partial charge < -0.3 is 15.8 Å². The highest BCUT2D eigenvalue weighted by molar-refractivity contribution is 5.44. The molecule has 0 fully saturated rings. The van der Waals surface area contributed by atoms with E-state index in [9.17, 15) is 0 Å². The molecule has 0 unspecified atom stereocenters. The maximum atomic E-state index is 8.60. The zero-order valence-corrected chi connectivity index (χ0v) is 8.74. The van der Waals surface area contributed by atoms with Crippen LogP contribution in [0.15, 0.2) is 18.2 Å². The van der Waals surface area contributed by atoms with Gasteiger partial charge in [-0.25, -0.2) is 10.8 Å². The molecule has 0 saturated heterocycles. The summed E-state index contributed by atoms with van der Waals surface area (Å²) in [6.45, 7) is 1.13. The van der Waals surface area contributed by atoms with Crippen LogP contribution in [0.1, 0.15) is 19.3 Å². The molecule has 0 atom stereocenters. The van der Waals surface area contributed by atoms with E-state index in [1.165, 1.54) is 0 Å². The van der Waals surface area contributed by atoms with Crippen LogP contribution in [0.4, 0.5) is 11.6 Å². The van der Waals surface area contributed by atoms with E-state index in [1.807, 2.05) is 12.1 Å². The third-order valence-corrected chi connectivity index (χ3v) is 2.04. The number of nitrogens with one attached hydrogen (secondary N) is 2. The summed E-state index contributed by atoms with van der Waals surface area (Å²) in [6.07, 6.45) is 2.92. The van der Waals surface area contributed by atoms with E-state index in [4.69, 9.17) is 10.9 Å². The van der Waals surface area contributed by atoms with Gasteiger partial charge in [-0.05, 0) is 31.4 Å². The Labute approximate surface area is 89.7 Å². The molecule has 0 saturated carbocycles. The van der Waals surface area contributed by atoms with Crippen LogP contribution in [0.5, 0.6) is 0 Å². The molecule has 15 heavy (non-hydrogen) atoms. The molecule has 0 aliphatic rings. The highest BCUT2D eigenvalue weighted by Crippen LogP contribution is 2.07. The summed E-state index contributed by atoms with van der Waals surface area (Å²) >= 11 is 0. The minimum absolute atomic E-state index is 0.269. The van der Waals surface area contributed by atoms with E-state index in [1.54, 1.807) is 6.07 Å². The molecule has 1 aromatic rings. The zero-order valence-electron chi connectivity index (χ0n) is 8.74. The molecule has 1 rings (SSSR count). The van der Waals surface area contributed by atoms with Crippen molar-refractivity contribution in [1.29, 1.82) is 0 Å². The number of unbranched alkanes of at least 4 members (excludes halogenated alkanes) is 2. The van der Waals surface area contributed by atoms with Crippen LogP contribution < -0.4 is 16.6 Å². The first-order valence-electron chi connectivity index (χ1n) is 5.15. The molecule has 0 amide bonds. The minimum Gasteiger partial charge on any atom is -0.396 e. The SMILES string of the molecule is NNc1cccc(NCCCCCO)n1. The van der Waals surface area contributed by atoms with Crippen molar-refractivity contribution in [3.05, 3.63) is 18.2 Å². The van der Waals surface area contributed by atoms with Gasteiger partial charge in [-0.1, -0.05) is 6.07 Å². The Balaban J connectivity index is 2.24. The first-order chi connectivity index (χ1) is 7.36. The number of aliphatic hydroxyl groups is 1. The van der Waals surface area contributed by atoms with Crippen molar-refractivity contribution in [2.75, 3.05) is 23.9 Å². The second kappa shape index (κ2) is 7.03. The Hall–Kier alpha value is -1.33. The van der Waals surface area contributed by atoms with Gasteiger partial charge in [-0.2, -0.15) is 0 Å². The van der Waals surface area contributed by atoms with E-state index in [-0.39, 0.29) is 6.61 Å². The average molecular weight is 210 g/mol. The molecule has 1 aromatic heterocycles. The Morgan fingerprint density at radius 1 is 1.20 bits per heavy atom. The van der Waals surface area contributed by atoms with Crippen LogP contribution in [-0.2, 0) is 0 Å². The number of nitrogens with zero attached hydrogens (tertiary/aromatic N) is 1. The van der Waals surface area contributed by atoms with E-state index < -0.39 is 0 Å². The topological polar surface area (TPSA) is 83.2 Å². The zero-order chi connectivity index (χ0) is 10.9. The fraction of sp³-hybridized carbons (Fsp3) is 0.500. The number of aromatic nitrogens is 1. The lowest BCUT2D eigenvalue weighted by Crippen LogP contribution is -2.10. The molecule has 5 nitrogen and oxygen atoms in total. The molecule has 0 aliphatic heterocycles. The Bertz CT molecular complexity index is 280. The highest BCUT2D eigenvalue weighted by Gasteiger charge is 1.94. The van der Waals surface area contributed by atoms with Crippen LogP contribution in [0, 0.1) is 0 Å². The van der Waals surface area contributed by atoms with Crippen molar-refractivity contribution in [2.45, 2.75) is 19.3 Å². The smallest absolute Gasteiger partial charge is 0.142 e. The minimum atomic E-state index is 0.269. The lowest BCUT2D eigenvalue weighted by atomic mass is 10.2. The van der Waals surface area contributed by atoms with Crippen LogP contribution in [0.2, 0.25) is 0 Å². The van der Waals surface area contributed by atoms with Crippen molar-refractivity contribution in [3.8, 4) is 0 Å². The van der Waals surface area contributed by atoms with Gasteiger partial charge in [0.15, 0.2) is 0 Å². The lowest BCUT2D eigenvalue weighted by Gasteiger charge is -2.06. The molecule has 84 valence electrons. The summed E-state index contributed by atoms with van der Waals surface area (Å²) in [7, 11) is 0. The monoisotopic (exact) mass is 210 g/mol. The van der Waals surface area contributed by atoms with Crippen molar-refractivity contribution < 1.29 is 5.11 Å². The maximum Gasteiger partial charge on any atom is 0.142 e. The van der Waals surface area contributed by atoms with E-state index in [0.29, 0.717) is 5.82 Å². The summed E-state index contributed by atoms with van der Waals surface area (Å²) in [5, 5.41) is 11.8. The Morgan fingerprint density at radius 2 is 2.00 bits per heavy atom. The second-order valence-corrected chi connectivity index (χ2v) is 3.26. The van der Waals surface area contributed by atoms with Gasteiger partial charge >= 0.3 is 0 Å². The van der Waals surface area contributed by atoms with Gasteiger partial charge in [-0.15, -0.1) is 0 Å². The normalized spacial score (nSPS) is 10.0. The van der Waals surface area contributed by atoms with Crippen molar-refractivity contribution in [1.82, 2.24) is 4.98 Å². The summed E-state index contributed by atoms with van der Waals surface area (Å²) in [5.41, 5.74) is 2.49. The fourth-order valence-corrected chi connectivity index (χ4v) is 1.24. The van der Waals surface area contributed by atoms with Crippen LogP contribution >= 0.6 is 0 Å². The van der Waals surface area contributed by atoms with Gasteiger partial charge in [0.05, 0.1) is 0 Å². The number of hydrogen-bond donors (Lipinski definition) is 4. The van der Waals surface area contributed by atoms with Gasteiger partial charge in [0.1, 0.15) is 11.6 Å². The lowest BCUT2D eigenvalue weighted by molar-refractivity contribution is 0.283. The van der Waals surface area contributed by atoms with E-state index in [2.05, 4.69) is 15.7 Å². The van der Waals surface area contributed by atoms with Crippen molar-refractivity contribution in [2.24, 2.45) is 5.84 Å². The number of aliphatic hydroxyl groups excluding tert-OH is 1. The number of hydrogen-bond acceptors (Lipinski definition) is 5. The van der Waals surface area contributed by atoms with Crippen molar-refractivity contribution in [3.63, 3.8) is 0 Å². The molecule has 1 heterocycles. The molecule has 0 radical (unpaired) electrons. The molecule has 0 bridgehead atoms. The molecule has 5 heteroatoms. The summed E-state index contributed by atoms with van der Waals surface area (Å²) < 4.78 is 0. The molecule has 0 spiro atoms. The number of hydrazine groups is 1. The molecule has 0 aromatic carbocycles. The van der Waals surface area contributed by atoms with Crippen LogP contribution in [-0.4, -0.2) is 23.2 Å². The number of rotatable bonds is 7. The first-order valence-corrected chi connectivity index (χ1v) is 5.15. The van der Waals surface area contributed by atoms with E-state index in [0.717, 1.165) is 31.6 Å². The maximum absolute atomic E-state index is 8.60. The predicted molar refractivity (Wildman–Crippen MR) is 61.5 cm³/mol. The van der Waals surface area contributed by atoms with Crippen molar-refractivity contribution >= 4 is 11.6 Å². The summed E-state index contributed by atoms with van der Waals surface area (Å²) in [5.74, 6) is 6.71. The number of anilines is 2. The summed E-state index contributed by atoms with van der Waals surface area (Å²) in [6, 6.07) is 5.59. The third kappa shape index (κ3) is 4.62. The van der Waals surface area contributed by atoms with Gasteiger partial charge in [0.25, 0.3) is 0 Å². The summed E-state index contributed by atoms with van der Waals surface area (Å²) in [4.78, 5) is 4.21. The standard InChI is InChI=1S/C10H18N4O/c11-14-10-6-4-5-9(13-10)12-7-2-1-3-8-15/h4-6,15H,1-3,7-8,11H2,(H2,12,13,14). The van der Waals surface area contributed by atoms with Crippen LogP contribution in [0.3, 0.4) is 0 Å². The molecular formula is C10H18N4O. The first kappa shape index (κ1) is 11.7. The predicted octanol–water partition coefficient (Wildman–Crippen LogP) is 0.942. The number of nitrogen functional groups attached to an aromatic ring is 1. The van der Waals surface area contributed by atoms with Gasteiger partial charge in [-0.3, -0.25) is 0 Å². The quantitative estimate of drug-likeness (QED) is 0.306. The fourth-order valence-electron chi connectivity index (χ4n) is 1.24. The Morgan fingerprint density at radius 3 is 2.73 bits per heavy atom. The average Bonchev–Trinajstić information content (AvgIpc) is 2.29.